The number of hydrogen-bond acceptors (Lipinski definition) is 1. The fraction of sp³-hybridized carbons (Fsp3) is 1.00. The van der Waals surface area contributed by atoms with Gasteiger partial charge in [-0.15, -0.1) is 0 Å². The minimum atomic E-state index is -1.10. The predicted octanol–water partition coefficient (Wildman–Crippen LogP) is 4.93. The van der Waals surface area contributed by atoms with Crippen molar-refractivity contribution in [2.24, 2.45) is 0 Å². The lowest BCUT2D eigenvalue weighted by Gasteiger charge is -2.43. The Labute approximate surface area is 127 Å². The van der Waals surface area contributed by atoms with Crippen molar-refractivity contribution in [2.75, 3.05) is 6.54 Å². The fourth-order valence-electron chi connectivity index (χ4n) is 3.08. The maximum absolute atomic E-state index is 2.95. The summed E-state index contributed by atoms with van der Waals surface area (Å²) in [4.78, 5) is 0. The molecule has 0 aliphatic carbocycles. The summed E-state index contributed by atoms with van der Waals surface area (Å²) in [7, 11) is -1.94. The molecule has 0 saturated heterocycles. The minimum Gasteiger partial charge on any atom is -0.346 e. The van der Waals surface area contributed by atoms with Crippen LogP contribution in [0.4, 0.5) is 0 Å². The van der Waals surface area contributed by atoms with Crippen LogP contribution in [0.1, 0.15) is 39.0 Å². The van der Waals surface area contributed by atoms with E-state index in [2.05, 4.69) is 50.4 Å². The maximum Gasteiger partial charge on any atom is 0.112 e. The zero-order chi connectivity index (χ0) is 14.9. The quantitative estimate of drug-likeness (QED) is 0.385. The van der Waals surface area contributed by atoms with Gasteiger partial charge in [0.25, 0.3) is 0 Å². The second-order valence-corrected chi connectivity index (χ2v) is 20.3. The molecule has 0 aromatic rings. The fourth-order valence-corrected chi connectivity index (χ4v) is 14.4. The molecule has 0 bridgehead atoms. The Morgan fingerprint density at radius 3 is 1.74 bits per heavy atom. The Hall–Kier alpha value is 0.611. The Kier molecular flexibility index (Phi) is 9.84. The first-order valence-corrected chi connectivity index (χ1v) is 17.4. The summed E-state index contributed by atoms with van der Waals surface area (Å²) in [5.74, 6) is 0. The van der Waals surface area contributed by atoms with Crippen LogP contribution in [-0.2, 0) is 0 Å². The third-order valence-electron chi connectivity index (χ3n) is 3.85. The lowest BCUT2D eigenvalue weighted by atomic mass is 10.2. The van der Waals surface area contributed by atoms with Crippen LogP contribution in [0, 0.1) is 0 Å². The average Bonchev–Trinajstić information content (AvgIpc) is 2.23. The Balaban J connectivity index is 3.78. The molecule has 0 saturated carbocycles. The van der Waals surface area contributed by atoms with Crippen molar-refractivity contribution >= 4 is 26.0 Å². The molecule has 0 atom stereocenters. The Bertz CT molecular complexity index is 204. The highest BCUT2D eigenvalue weighted by atomic mass is 28.4. The highest BCUT2D eigenvalue weighted by molar-refractivity contribution is 6.89. The number of nitrogens with zero attached hydrogens (tertiary/aromatic N) is 1. The van der Waals surface area contributed by atoms with E-state index in [0.29, 0.717) is 0 Å². The van der Waals surface area contributed by atoms with Crippen LogP contribution in [0.15, 0.2) is 0 Å². The van der Waals surface area contributed by atoms with Crippen LogP contribution < -0.4 is 0 Å². The number of hydrogen-bond donors (Lipinski definition) is 0. The highest BCUT2D eigenvalue weighted by Gasteiger charge is 2.33. The standard InChI is InChI=1S/C15H39NSi3/c1-8-9-10-11-14-17-15-12-13-16(18(2,3)4)19(5,6)7/h8-15,17H2,1-7H3. The topological polar surface area (TPSA) is 3.24 Å². The van der Waals surface area contributed by atoms with Gasteiger partial charge in [0.2, 0.25) is 0 Å². The van der Waals surface area contributed by atoms with E-state index in [9.17, 15) is 0 Å². The lowest BCUT2D eigenvalue weighted by molar-refractivity contribution is 0.600. The molecule has 0 aromatic carbocycles. The summed E-state index contributed by atoms with van der Waals surface area (Å²) in [5, 5.41) is 0. The Morgan fingerprint density at radius 1 is 0.737 bits per heavy atom. The molecular formula is C15H39NSi3. The van der Waals surface area contributed by atoms with Crippen LogP contribution in [0.2, 0.25) is 51.4 Å². The number of unbranched alkanes of at least 4 members (excludes halogenated alkanes) is 3. The van der Waals surface area contributed by atoms with Crippen molar-refractivity contribution in [3.8, 4) is 0 Å². The summed E-state index contributed by atoms with van der Waals surface area (Å²) >= 11 is 0. The van der Waals surface area contributed by atoms with Gasteiger partial charge in [-0.2, -0.15) is 0 Å². The molecule has 19 heavy (non-hydrogen) atoms. The van der Waals surface area contributed by atoms with Crippen LogP contribution in [0.5, 0.6) is 0 Å². The third-order valence-corrected chi connectivity index (χ3v) is 13.6. The van der Waals surface area contributed by atoms with Gasteiger partial charge in [-0.05, 0) is 13.0 Å². The third kappa shape index (κ3) is 10.0. The van der Waals surface area contributed by atoms with Crippen molar-refractivity contribution in [1.29, 1.82) is 0 Å². The molecule has 0 rings (SSSR count). The van der Waals surface area contributed by atoms with E-state index in [1.807, 2.05) is 0 Å². The van der Waals surface area contributed by atoms with Crippen molar-refractivity contribution < 1.29 is 0 Å². The predicted molar refractivity (Wildman–Crippen MR) is 100 cm³/mol. The molecule has 0 aliphatic rings. The van der Waals surface area contributed by atoms with Gasteiger partial charge in [0.1, 0.15) is 16.5 Å². The first-order chi connectivity index (χ1) is 8.69. The molecule has 4 heteroatoms. The van der Waals surface area contributed by atoms with Gasteiger partial charge in [0.15, 0.2) is 0 Å². The smallest absolute Gasteiger partial charge is 0.112 e. The number of rotatable bonds is 11. The van der Waals surface area contributed by atoms with Gasteiger partial charge in [-0.25, -0.2) is 0 Å². The molecule has 0 radical (unpaired) electrons. The monoisotopic (exact) mass is 317 g/mol. The van der Waals surface area contributed by atoms with Gasteiger partial charge in [-0.1, -0.05) is 84.0 Å². The van der Waals surface area contributed by atoms with Gasteiger partial charge in [0, 0.05) is 9.52 Å². The molecule has 0 aromatic heterocycles. The van der Waals surface area contributed by atoms with E-state index in [4.69, 9.17) is 0 Å². The summed E-state index contributed by atoms with van der Waals surface area (Å²) in [6.45, 7) is 18.8. The van der Waals surface area contributed by atoms with Crippen LogP contribution in [0.3, 0.4) is 0 Å². The zero-order valence-electron chi connectivity index (χ0n) is 14.8. The Morgan fingerprint density at radius 2 is 1.26 bits per heavy atom. The highest BCUT2D eigenvalue weighted by Crippen LogP contribution is 2.20. The summed E-state index contributed by atoms with van der Waals surface area (Å²) < 4.78 is 2.95. The molecular weight excluding hydrogens is 278 g/mol. The molecule has 0 heterocycles. The molecule has 116 valence electrons. The molecule has 0 fully saturated rings. The normalized spacial score (nSPS) is 13.9. The molecule has 1 nitrogen and oxygen atoms in total. The second-order valence-electron chi connectivity index (χ2n) is 7.97. The van der Waals surface area contributed by atoms with Gasteiger partial charge >= 0.3 is 0 Å². The summed E-state index contributed by atoms with van der Waals surface area (Å²) in [6.07, 6.45) is 7.32. The van der Waals surface area contributed by atoms with E-state index < -0.39 is 16.5 Å². The second kappa shape index (κ2) is 9.53. The molecule has 0 N–H and O–H groups in total. The van der Waals surface area contributed by atoms with E-state index in [-0.39, 0.29) is 9.52 Å². The minimum absolute atomic E-state index is 0.257. The van der Waals surface area contributed by atoms with Crippen molar-refractivity contribution in [3.05, 3.63) is 0 Å². The van der Waals surface area contributed by atoms with Gasteiger partial charge in [0.05, 0.1) is 0 Å². The van der Waals surface area contributed by atoms with Crippen molar-refractivity contribution in [1.82, 2.24) is 4.23 Å². The molecule has 0 spiro atoms. The molecule has 0 aliphatic heterocycles. The van der Waals surface area contributed by atoms with Crippen LogP contribution in [-0.4, -0.2) is 36.8 Å². The van der Waals surface area contributed by atoms with Crippen LogP contribution in [0.25, 0.3) is 0 Å². The maximum atomic E-state index is 2.95. The molecule has 0 unspecified atom stereocenters. The van der Waals surface area contributed by atoms with Crippen LogP contribution >= 0.6 is 0 Å². The van der Waals surface area contributed by atoms with Gasteiger partial charge in [-0.3, -0.25) is 0 Å². The SMILES string of the molecule is CCCCCC[SiH2]CCCN([Si](C)(C)C)[Si](C)(C)C. The van der Waals surface area contributed by atoms with Gasteiger partial charge < -0.3 is 4.23 Å². The average molecular weight is 318 g/mol. The van der Waals surface area contributed by atoms with E-state index in [1.54, 1.807) is 12.1 Å². The molecule has 0 amide bonds. The first-order valence-electron chi connectivity index (χ1n) is 8.47. The summed E-state index contributed by atoms with van der Waals surface area (Å²) in [6, 6.07) is 3.18. The van der Waals surface area contributed by atoms with E-state index >= 15 is 0 Å². The largest absolute Gasteiger partial charge is 0.346 e. The van der Waals surface area contributed by atoms with Crippen molar-refractivity contribution in [3.63, 3.8) is 0 Å². The zero-order valence-corrected chi connectivity index (χ0v) is 18.2. The van der Waals surface area contributed by atoms with E-state index in [0.717, 1.165) is 0 Å². The van der Waals surface area contributed by atoms with Crippen molar-refractivity contribution in [2.45, 2.75) is 90.4 Å². The summed E-state index contributed by atoms with van der Waals surface area (Å²) in [5.41, 5.74) is 0. The lowest BCUT2D eigenvalue weighted by Crippen LogP contribution is -2.59. The first kappa shape index (κ1) is 19.6. The van der Waals surface area contributed by atoms with E-state index in [1.165, 1.54) is 38.6 Å².